The Labute approximate surface area is 164 Å². The van der Waals surface area contributed by atoms with Crippen LogP contribution in [0.15, 0.2) is 36.5 Å². The van der Waals surface area contributed by atoms with Crippen molar-refractivity contribution in [2.24, 2.45) is 5.92 Å². The molecule has 1 aromatic carbocycles. The molecule has 0 bridgehead atoms. The van der Waals surface area contributed by atoms with Crippen LogP contribution in [0.2, 0.25) is 0 Å². The van der Waals surface area contributed by atoms with E-state index in [1.165, 1.54) is 0 Å². The van der Waals surface area contributed by atoms with Crippen LogP contribution < -0.4 is 4.74 Å². The molecule has 3 heterocycles. The molecular formula is C21H26N4O3. The third kappa shape index (κ3) is 4.03. The number of carbonyl (C=O) groups excluding carboxylic acids is 2. The predicted molar refractivity (Wildman–Crippen MR) is 104 cm³/mol. The number of likely N-dealkylation sites (tertiary alicyclic amines) is 2. The predicted octanol–water partition coefficient (Wildman–Crippen LogP) is 2.58. The number of aromatic amines is 1. The fourth-order valence-corrected chi connectivity index (χ4v) is 4.00. The summed E-state index contributed by atoms with van der Waals surface area (Å²) in [6.45, 7) is 3.54. The molecule has 1 aromatic heterocycles. The van der Waals surface area contributed by atoms with Crippen LogP contribution in [0, 0.1) is 5.92 Å². The molecule has 148 valence electrons. The SMILES string of the molecule is O=C(c1ccn[nH]1)N1CCCC(COc2ccccc2C(=O)N2CCCC2)C1. The van der Waals surface area contributed by atoms with Crippen molar-refractivity contribution in [1.82, 2.24) is 20.0 Å². The number of amides is 2. The van der Waals surface area contributed by atoms with Crippen LogP contribution in [0.5, 0.6) is 5.75 Å². The minimum Gasteiger partial charge on any atom is -0.492 e. The number of nitrogens with zero attached hydrogens (tertiary/aromatic N) is 3. The van der Waals surface area contributed by atoms with Crippen LogP contribution in [0.1, 0.15) is 46.5 Å². The van der Waals surface area contributed by atoms with Gasteiger partial charge < -0.3 is 14.5 Å². The van der Waals surface area contributed by atoms with E-state index in [4.69, 9.17) is 4.74 Å². The highest BCUT2D eigenvalue weighted by atomic mass is 16.5. The Morgan fingerprint density at radius 1 is 1.04 bits per heavy atom. The van der Waals surface area contributed by atoms with Gasteiger partial charge in [-0.25, -0.2) is 0 Å². The molecule has 1 atom stereocenters. The molecule has 28 heavy (non-hydrogen) atoms. The first-order valence-corrected chi connectivity index (χ1v) is 10.0. The smallest absolute Gasteiger partial charge is 0.271 e. The first-order valence-electron chi connectivity index (χ1n) is 10.0. The van der Waals surface area contributed by atoms with E-state index in [9.17, 15) is 9.59 Å². The highest BCUT2D eigenvalue weighted by Crippen LogP contribution is 2.24. The van der Waals surface area contributed by atoms with Gasteiger partial charge in [0.2, 0.25) is 0 Å². The molecule has 1 unspecified atom stereocenters. The van der Waals surface area contributed by atoms with E-state index in [2.05, 4.69) is 10.2 Å². The molecule has 2 saturated heterocycles. The zero-order valence-electron chi connectivity index (χ0n) is 16.0. The first kappa shape index (κ1) is 18.5. The van der Waals surface area contributed by atoms with E-state index in [1.807, 2.05) is 34.1 Å². The monoisotopic (exact) mass is 382 g/mol. The Kier molecular flexibility index (Phi) is 5.60. The highest BCUT2D eigenvalue weighted by Gasteiger charge is 2.27. The summed E-state index contributed by atoms with van der Waals surface area (Å²) in [7, 11) is 0. The number of hydrogen-bond donors (Lipinski definition) is 1. The first-order chi connectivity index (χ1) is 13.7. The quantitative estimate of drug-likeness (QED) is 0.862. The van der Waals surface area contributed by atoms with Crippen molar-refractivity contribution in [3.8, 4) is 5.75 Å². The Bertz CT molecular complexity index is 815. The van der Waals surface area contributed by atoms with Gasteiger partial charge in [-0.3, -0.25) is 14.7 Å². The molecule has 2 aliphatic heterocycles. The standard InChI is InChI=1S/C21H26N4O3/c26-20(24-11-3-4-12-24)17-7-1-2-8-19(17)28-15-16-6-5-13-25(14-16)21(27)18-9-10-22-23-18/h1-2,7-10,16H,3-6,11-15H2,(H,22,23). The number of para-hydroxylation sites is 1. The van der Waals surface area contributed by atoms with E-state index in [0.29, 0.717) is 30.2 Å². The number of aromatic nitrogens is 2. The fourth-order valence-electron chi connectivity index (χ4n) is 4.00. The minimum atomic E-state index is -0.0215. The van der Waals surface area contributed by atoms with E-state index in [-0.39, 0.29) is 17.7 Å². The summed E-state index contributed by atoms with van der Waals surface area (Å²) in [6, 6.07) is 9.17. The normalized spacial score (nSPS) is 19.6. The molecule has 0 spiro atoms. The van der Waals surface area contributed by atoms with Gasteiger partial charge in [0.1, 0.15) is 11.4 Å². The minimum absolute atomic E-state index is 0.0215. The molecule has 4 rings (SSSR count). The number of hydrogen-bond acceptors (Lipinski definition) is 4. The summed E-state index contributed by atoms with van der Waals surface area (Å²) in [5, 5.41) is 6.60. The number of piperidine rings is 1. The zero-order valence-corrected chi connectivity index (χ0v) is 16.0. The lowest BCUT2D eigenvalue weighted by Crippen LogP contribution is -2.41. The summed E-state index contributed by atoms with van der Waals surface area (Å²) in [5.74, 6) is 0.909. The molecular weight excluding hydrogens is 356 g/mol. The lowest BCUT2D eigenvalue weighted by Gasteiger charge is -2.32. The lowest BCUT2D eigenvalue weighted by molar-refractivity contribution is 0.0626. The second-order valence-corrected chi connectivity index (χ2v) is 7.54. The van der Waals surface area contributed by atoms with Crippen molar-refractivity contribution < 1.29 is 14.3 Å². The Hall–Kier alpha value is -2.83. The number of rotatable bonds is 5. The topological polar surface area (TPSA) is 78.5 Å². The van der Waals surface area contributed by atoms with Gasteiger partial charge in [0.15, 0.2) is 0 Å². The number of nitrogens with one attached hydrogen (secondary N) is 1. The van der Waals surface area contributed by atoms with Crippen molar-refractivity contribution in [2.45, 2.75) is 25.7 Å². The summed E-state index contributed by atoms with van der Waals surface area (Å²) >= 11 is 0. The fraction of sp³-hybridized carbons (Fsp3) is 0.476. The molecule has 7 nitrogen and oxygen atoms in total. The molecule has 2 aliphatic rings. The lowest BCUT2D eigenvalue weighted by atomic mass is 9.98. The summed E-state index contributed by atoms with van der Waals surface area (Å²) in [4.78, 5) is 29.1. The van der Waals surface area contributed by atoms with Crippen LogP contribution in [-0.4, -0.2) is 64.6 Å². The number of ether oxygens (including phenoxy) is 1. The maximum absolute atomic E-state index is 12.8. The van der Waals surface area contributed by atoms with E-state index in [0.717, 1.165) is 45.3 Å². The number of benzene rings is 1. The van der Waals surface area contributed by atoms with Crippen molar-refractivity contribution in [1.29, 1.82) is 0 Å². The average Bonchev–Trinajstić information content (AvgIpc) is 3.46. The maximum atomic E-state index is 12.8. The van der Waals surface area contributed by atoms with Gasteiger partial charge in [-0.05, 0) is 43.9 Å². The Morgan fingerprint density at radius 2 is 1.82 bits per heavy atom. The van der Waals surface area contributed by atoms with Crippen LogP contribution in [0.25, 0.3) is 0 Å². The van der Waals surface area contributed by atoms with Crippen molar-refractivity contribution in [3.05, 3.63) is 47.8 Å². The van der Waals surface area contributed by atoms with Gasteiger partial charge in [0.25, 0.3) is 11.8 Å². The van der Waals surface area contributed by atoms with E-state index < -0.39 is 0 Å². The van der Waals surface area contributed by atoms with E-state index >= 15 is 0 Å². The second-order valence-electron chi connectivity index (χ2n) is 7.54. The molecule has 1 N–H and O–H groups in total. The number of H-pyrrole nitrogens is 1. The van der Waals surface area contributed by atoms with Gasteiger partial charge in [-0.1, -0.05) is 12.1 Å². The summed E-state index contributed by atoms with van der Waals surface area (Å²) in [5.41, 5.74) is 1.15. The maximum Gasteiger partial charge on any atom is 0.271 e. The molecule has 2 amide bonds. The molecule has 7 heteroatoms. The van der Waals surface area contributed by atoms with Gasteiger partial charge in [-0.15, -0.1) is 0 Å². The molecule has 0 saturated carbocycles. The van der Waals surface area contributed by atoms with Crippen LogP contribution >= 0.6 is 0 Å². The van der Waals surface area contributed by atoms with Gasteiger partial charge in [0, 0.05) is 38.3 Å². The zero-order chi connectivity index (χ0) is 19.3. The summed E-state index contributed by atoms with van der Waals surface area (Å²) in [6.07, 6.45) is 5.68. The molecule has 2 aromatic rings. The van der Waals surface area contributed by atoms with Crippen molar-refractivity contribution >= 4 is 11.8 Å². The molecule has 0 radical (unpaired) electrons. The Balaban J connectivity index is 1.38. The van der Waals surface area contributed by atoms with Crippen LogP contribution in [0.3, 0.4) is 0 Å². The molecule has 0 aliphatic carbocycles. The third-order valence-electron chi connectivity index (χ3n) is 5.52. The summed E-state index contributed by atoms with van der Waals surface area (Å²) < 4.78 is 6.07. The van der Waals surface area contributed by atoms with Gasteiger partial charge >= 0.3 is 0 Å². The average molecular weight is 382 g/mol. The van der Waals surface area contributed by atoms with Gasteiger partial charge in [-0.2, -0.15) is 5.10 Å². The van der Waals surface area contributed by atoms with E-state index in [1.54, 1.807) is 12.3 Å². The van der Waals surface area contributed by atoms with Crippen molar-refractivity contribution in [3.63, 3.8) is 0 Å². The molecule has 2 fully saturated rings. The number of carbonyl (C=O) groups is 2. The third-order valence-corrected chi connectivity index (χ3v) is 5.52. The van der Waals surface area contributed by atoms with Crippen LogP contribution in [0.4, 0.5) is 0 Å². The van der Waals surface area contributed by atoms with Gasteiger partial charge in [0.05, 0.1) is 12.2 Å². The Morgan fingerprint density at radius 3 is 2.61 bits per heavy atom. The van der Waals surface area contributed by atoms with Crippen molar-refractivity contribution in [2.75, 3.05) is 32.8 Å². The van der Waals surface area contributed by atoms with Crippen LogP contribution in [-0.2, 0) is 0 Å². The largest absolute Gasteiger partial charge is 0.492 e. The second kappa shape index (κ2) is 8.46. The highest BCUT2D eigenvalue weighted by molar-refractivity contribution is 5.97.